The number of hydrogen-bond donors (Lipinski definition) is 2. The van der Waals surface area contributed by atoms with Crippen molar-refractivity contribution in [2.45, 2.75) is 125 Å². The number of piperazine rings is 1. The molecule has 2 N–H and O–H groups in total. The molecule has 4 fully saturated rings. The van der Waals surface area contributed by atoms with Crippen LogP contribution in [0.5, 0.6) is 0 Å². The fraction of sp³-hybridized carbons (Fsp3) is 1.00. The number of ether oxygens (including phenoxy) is 2. The van der Waals surface area contributed by atoms with Gasteiger partial charge >= 0.3 is 0 Å². The number of likely N-dealkylation sites (tertiary alicyclic amines) is 3. The fourth-order valence-electron chi connectivity index (χ4n) is 8.21. The maximum atomic E-state index is 5.57. The van der Waals surface area contributed by atoms with Crippen LogP contribution in [0, 0.1) is 17.8 Å². The largest absolute Gasteiger partial charge is 0.377 e. The summed E-state index contributed by atoms with van der Waals surface area (Å²) in [5.74, 6) is 2.79. The molecule has 4 aliphatic heterocycles. The van der Waals surface area contributed by atoms with E-state index in [0.29, 0.717) is 12.2 Å². The molecule has 4 aliphatic rings. The topological polar surface area (TPSA) is 58.7 Å². The van der Waals surface area contributed by atoms with Gasteiger partial charge in [0.25, 0.3) is 0 Å². The van der Waals surface area contributed by atoms with E-state index in [1.165, 1.54) is 130 Å². The van der Waals surface area contributed by atoms with Crippen LogP contribution in [0.25, 0.3) is 0 Å². The quantitative estimate of drug-likeness (QED) is 0.161. The number of hydrogen-bond acceptors (Lipinski definition) is 9. The fourth-order valence-corrected chi connectivity index (χ4v) is 8.21. The minimum Gasteiger partial charge on any atom is -0.377 e. The van der Waals surface area contributed by atoms with Crippen molar-refractivity contribution in [3.05, 3.63) is 0 Å². The minimum absolute atomic E-state index is 0. The molecule has 4 rings (SSSR count). The molecule has 4 heterocycles. The minimum atomic E-state index is 0. The first kappa shape index (κ1) is 44.0. The molecule has 0 aromatic rings. The van der Waals surface area contributed by atoms with Crippen LogP contribution in [0.3, 0.4) is 0 Å². The molecular formula is C41H89N7O2. The summed E-state index contributed by atoms with van der Waals surface area (Å²) in [4.78, 5) is 13.3. The lowest BCUT2D eigenvalue weighted by Gasteiger charge is -2.39. The third-order valence-electron chi connectivity index (χ3n) is 11.8. The summed E-state index contributed by atoms with van der Waals surface area (Å²) in [7, 11) is 0. The van der Waals surface area contributed by atoms with Crippen LogP contribution in [0.2, 0.25) is 0 Å². The predicted molar refractivity (Wildman–Crippen MR) is 218 cm³/mol. The van der Waals surface area contributed by atoms with Crippen molar-refractivity contribution in [2.24, 2.45) is 17.8 Å². The highest BCUT2D eigenvalue weighted by Gasteiger charge is 2.26. The highest BCUT2D eigenvalue weighted by Crippen LogP contribution is 2.25. The Hall–Kier alpha value is -0.360. The van der Waals surface area contributed by atoms with E-state index in [2.05, 4.69) is 90.5 Å². The lowest BCUT2D eigenvalue weighted by Crippen LogP contribution is -2.50. The third-order valence-corrected chi connectivity index (χ3v) is 11.8. The summed E-state index contributed by atoms with van der Waals surface area (Å²) in [5.41, 5.74) is 0. The highest BCUT2D eigenvalue weighted by molar-refractivity contribution is 4.81. The van der Waals surface area contributed by atoms with Gasteiger partial charge in [-0.2, -0.15) is 0 Å². The lowest BCUT2D eigenvalue weighted by atomic mass is 9.91. The van der Waals surface area contributed by atoms with E-state index in [9.17, 15) is 0 Å². The Kier molecular flexibility index (Phi) is 22.6. The Bertz CT molecular complexity index is 745. The average Bonchev–Trinajstić information content (AvgIpc) is 3.10. The van der Waals surface area contributed by atoms with E-state index in [-0.39, 0.29) is 2.85 Å². The van der Waals surface area contributed by atoms with Crippen LogP contribution < -0.4 is 10.6 Å². The normalized spacial score (nSPS) is 22.3. The molecule has 9 nitrogen and oxygen atoms in total. The number of nitrogens with one attached hydrogen (secondary N) is 2. The summed E-state index contributed by atoms with van der Waals surface area (Å²) in [5, 5.41) is 7.03. The van der Waals surface area contributed by atoms with Crippen molar-refractivity contribution in [2.75, 3.05) is 124 Å². The van der Waals surface area contributed by atoms with Crippen LogP contribution in [-0.4, -0.2) is 173 Å². The van der Waals surface area contributed by atoms with Crippen LogP contribution in [0.4, 0.5) is 0 Å². The molecule has 0 unspecified atom stereocenters. The van der Waals surface area contributed by atoms with E-state index in [0.717, 1.165) is 69.2 Å². The summed E-state index contributed by atoms with van der Waals surface area (Å²) < 4.78 is 11.1. The standard InChI is InChI=1S/C21H43N3O.C20H42N4O.2H2/c1-18(2)24-14-8-21(9-15-24)17-23-12-6-20(7-13-23)5-10-22-11-16-25-19(3)4;1-18(2)24-9-5-20(6-10-24)17-23-14-12-22(13-15-23)11-7-21-8-16-25-19(3)4;;/h18-22H,5-17H2,1-4H3;18-21H,5-17H2,1-4H3;2*1H. The molecule has 0 aromatic heterocycles. The number of nitrogens with zero attached hydrogens (tertiary/aromatic N) is 5. The summed E-state index contributed by atoms with van der Waals surface area (Å²) in [6.07, 6.45) is 10.4. The average molecular weight is 712 g/mol. The van der Waals surface area contributed by atoms with Gasteiger partial charge in [0.1, 0.15) is 0 Å². The molecular weight excluding hydrogens is 622 g/mol. The molecule has 0 amide bonds. The molecule has 50 heavy (non-hydrogen) atoms. The lowest BCUT2D eigenvalue weighted by molar-refractivity contribution is 0.0777. The molecule has 9 heteroatoms. The van der Waals surface area contributed by atoms with Gasteiger partial charge in [-0.25, -0.2) is 0 Å². The van der Waals surface area contributed by atoms with Crippen LogP contribution in [0.1, 0.15) is 103 Å². The first-order valence-electron chi connectivity index (χ1n) is 21.4. The van der Waals surface area contributed by atoms with Crippen LogP contribution >= 0.6 is 0 Å². The van der Waals surface area contributed by atoms with Gasteiger partial charge < -0.3 is 39.7 Å². The van der Waals surface area contributed by atoms with Crippen LogP contribution in [0.15, 0.2) is 0 Å². The Labute approximate surface area is 313 Å². The van der Waals surface area contributed by atoms with Crippen molar-refractivity contribution in [1.82, 2.24) is 35.1 Å². The number of piperidine rings is 3. The summed E-state index contributed by atoms with van der Waals surface area (Å²) in [6.45, 7) is 40.2. The summed E-state index contributed by atoms with van der Waals surface area (Å²) in [6, 6.07) is 1.44. The van der Waals surface area contributed by atoms with Crippen molar-refractivity contribution in [3.8, 4) is 0 Å². The molecule has 300 valence electrons. The maximum absolute atomic E-state index is 5.57. The Morgan fingerprint density at radius 2 is 0.880 bits per heavy atom. The van der Waals surface area contributed by atoms with Crippen molar-refractivity contribution < 1.29 is 12.3 Å². The summed E-state index contributed by atoms with van der Waals surface area (Å²) >= 11 is 0. The van der Waals surface area contributed by atoms with Crippen molar-refractivity contribution in [1.29, 1.82) is 0 Å². The smallest absolute Gasteiger partial charge is 0.0594 e. The van der Waals surface area contributed by atoms with Crippen molar-refractivity contribution >= 4 is 0 Å². The zero-order chi connectivity index (χ0) is 36.1. The second-order valence-electron chi connectivity index (χ2n) is 17.2. The zero-order valence-electron chi connectivity index (χ0n) is 34.5. The second kappa shape index (κ2) is 25.6. The van der Waals surface area contributed by atoms with E-state index in [1.807, 2.05) is 0 Å². The molecule has 0 radical (unpaired) electrons. The maximum Gasteiger partial charge on any atom is 0.0594 e. The molecule has 0 saturated carbocycles. The highest BCUT2D eigenvalue weighted by atomic mass is 16.5. The van der Waals surface area contributed by atoms with E-state index in [4.69, 9.17) is 9.47 Å². The monoisotopic (exact) mass is 712 g/mol. The molecule has 0 aromatic carbocycles. The van der Waals surface area contributed by atoms with E-state index >= 15 is 0 Å². The molecule has 0 bridgehead atoms. The van der Waals surface area contributed by atoms with Gasteiger partial charge in [0.2, 0.25) is 0 Å². The SMILES string of the molecule is CC(C)OCCNCCC1CCN(CC2CCN(C(C)C)CC2)CC1.CC(C)OCCNCCN1CCN(CC2CCN(C(C)C)CC2)CC1.[HH].[HH]. The van der Waals surface area contributed by atoms with E-state index < -0.39 is 0 Å². The van der Waals surface area contributed by atoms with Gasteiger partial charge in [0, 0.05) is 80.4 Å². The van der Waals surface area contributed by atoms with Gasteiger partial charge in [0.15, 0.2) is 0 Å². The Balaban J connectivity index is 0.000000501. The van der Waals surface area contributed by atoms with E-state index in [1.54, 1.807) is 0 Å². The molecule has 0 aliphatic carbocycles. The second-order valence-corrected chi connectivity index (χ2v) is 17.2. The Morgan fingerprint density at radius 1 is 0.480 bits per heavy atom. The first-order chi connectivity index (χ1) is 24.1. The van der Waals surface area contributed by atoms with Crippen LogP contribution in [-0.2, 0) is 9.47 Å². The third kappa shape index (κ3) is 19.1. The van der Waals surface area contributed by atoms with Gasteiger partial charge in [-0.15, -0.1) is 0 Å². The van der Waals surface area contributed by atoms with Gasteiger partial charge in [-0.05, 0) is 164 Å². The predicted octanol–water partition coefficient (Wildman–Crippen LogP) is 5.45. The van der Waals surface area contributed by atoms with Crippen molar-refractivity contribution in [3.63, 3.8) is 0 Å². The number of rotatable bonds is 20. The first-order valence-corrected chi connectivity index (χ1v) is 21.4. The van der Waals surface area contributed by atoms with Gasteiger partial charge in [0.05, 0.1) is 25.4 Å². The molecule has 0 atom stereocenters. The van der Waals surface area contributed by atoms with Gasteiger partial charge in [-0.3, -0.25) is 4.90 Å². The molecule has 4 saturated heterocycles. The molecule has 0 spiro atoms. The zero-order valence-corrected chi connectivity index (χ0v) is 34.5. The van der Waals surface area contributed by atoms with Gasteiger partial charge in [-0.1, -0.05) is 0 Å². The Morgan fingerprint density at radius 3 is 1.32 bits per heavy atom.